The minimum Gasteiger partial charge on any atom is -0.444 e. The monoisotopic (exact) mass is 309 g/mol. The standard InChI is InChI=1S/C17H24FNO3/c1-11-5-6-13(18)9-14(11)15(20)12-7-8-19(10-12)16(21)22-17(2,3)4/h5-6,9,12,15,20H,7-8,10H2,1-4H3. The van der Waals surface area contributed by atoms with Crippen LogP contribution in [-0.2, 0) is 4.74 Å². The van der Waals surface area contributed by atoms with Crippen molar-refractivity contribution in [3.8, 4) is 0 Å². The third kappa shape index (κ3) is 3.97. The van der Waals surface area contributed by atoms with Crippen molar-refractivity contribution < 1.29 is 19.0 Å². The zero-order chi connectivity index (χ0) is 16.5. The molecule has 0 spiro atoms. The molecule has 2 rings (SSSR count). The van der Waals surface area contributed by atoms with Gasteiger partial charge in [-0.2, -0.15) is 0 Å². The molecule has 1 aromatic carbocycles. The van der Waals surface area contributed by atoms with Crippen LogP contribution in [0, 0.1) is 18.7 Å². The van der Waals surface area contributed by atoms with Crippen LogP contribution in [0.1, 0.15) is 44.4 Å². The highest BCUT2D eigenvalue weighted by molar-refractivity contribution is 5.68. The molecule has 1 heterocycles. The summed E-state index contributed by atoms with van der Waals surface area (Å²) in [6, 6.07) is 4.41. The Balaban J connectivity index is 2.03. The van der Waals surface area contributed by atoms with Gasteiger partial charge in [0.2, 0.25) is 0 Å². The molecule has 1 aliphatic rings. The molecule has 4 nitrogen and oxygen atoms in total. The predicted molar refractivity (Wildman–Crippen MR) is 82.0 cm³/mol. The van der Waals surface area contributed by atoms with Gasteiger partial charge in [0.1, 0.15) is 11.4 Å². The molecular formula is C17H24FNO3. The lowest BCUT2D eigenvalue weighted by molar-refractivity contribution is 0.0268. The van der Waals surface area contributed by atoms with Gasteiger partial charge in [-0.25, -0.2) is 9.18 Å². The van der Waals surface area contributed by atoms with Crippen LogP contribution in [0.15, 0.2) is 18.2 Å². The first-order valence-electron chi connectivity index (χ1n) is 7.59. The van der Waals surface area contributed by atoms with Crippen molar-refractivity contribution in [3.63, 3.8) is 0 Å². The molecule has 5 heteroatoms. The SMILES string of the molecule is Cc1ccc(F)cc1C(O)C1CCN(C(=O)OC(C)(C)C)C1. The second-order valence-corrected chi connectivity index (χ2v) is 6.92. The minimum absolute atomic E-state index is 0.104. The normalized spacial score (nSPS) is 20.1. The number of aliphatic hydroxyl groups excluding tert-OH is 1. The van der Waals surface area contributed by atoms with E-state index in [0.29, 0.717) is 25.1 Å². The number of hydrogen-bond acceptors (Lipinski definition) is 3. The number of hydrogen-bond donors (Lipinski definition) is 1. The topological polar surface area (TPSA) is 49.8 Å². The molecule has 1 fully saturated rings. The van der Waals surface area contributed by atoms with Crippen LogP contribution in [0.2, 0.25) is 0 Å². The van der Waals surface area contributed by atoms with Gasteiger partial charge in [-0.1, -0.05) is 6.07 Å². The van der Waals surface area contributed by atoms with Crippen molar-refractivity contribution in [1.29, 1.82) is 0 Å². The number of ether oxygens (including phenoxy) is 1. The molecule has 1 aliphatic heterocycles. The third-order valence-corrected chi connectivity index (χ3v) is 3.88. The van der Waals surface area contributed by atoms with Crippen LogP contribution in [-0.4, -0.2) is 34.8 Å². The number of halogens is 1. The van der Waals surface area contributed by atoms with E-state index in [1.807, 2.05) is 27.7 Å². The van der Waals surface area contributed by atoms with Gasteiger partial charge in [-0.15, -0.1) is 0 Å². The lowest BCUT2D eigenvalue weighted by Gasteiger charge is -2.25. The summed E-state index contributed by atoms with van der Waals surface area (Å²) in [5.41, 5.74) is 0.910. The molecule has 1 amide bonds. The fraction of sp³-hybridized carbons (Fsp3) is 0.588. The van der Waals surface area contributed by atoms with Crippen LogP contribution >= 0.6 is 0 Å². The van der Waals surface area contributed by atoms with Gasteiger partial charge >= 0.3 is 6.09 Å². The van der Waals surface area contributed by atoms with E-state index in [1.165, 1.54) is 12.1 Å². The lowest BCUT2D eigenvalue weighted by Crippen LogP contribution is -2.35. The van der Waals surface area contributed by atoms with Gasteiger partial charge in [-0.05, 0) is 57.4 Å². The number of nitrogens with zero attached hydrogens (tertiary/aromatic N) is 1. The number of likely N-dealkylation sites (tertiary alicyclic amines) is 1. The largest absolute Gasteiger partial charge is 0.444 e. The first kappa shape index (κ1) is 16.7. The van der Waals surface area contributed by atoms with Crippen molar-refractivity contribution in [3.05, 3.63) is 35.1 Å². The zero-order valence-electron chi connectivity index (χ0n) is 13.6. The Morgan fingerprint density at radius 3 is 2.77 bits per heavy atom. The summed E-state index contributed by atoms with van der Waals surface area (Å²) in [6.45, 7) is 8.28. The number of carbonyl (C=O) groups is 1. The van der Waals surface area contributed by atoms with Gasteiger partial charge in [0.25, 0.3) is 0 Å². The first-order chi connectivity index (χ1) is 10.2. The molecular weight excluding hydrogens is 285 g/mol. The summed E-state index contributed by atoms with van der Waals surface area (Å²) in [5, 5.41) is 10.5. The van der Waals surface area contributed by atoms with E-state index in [4.69, 9.17) is 4.74 Å². The molecule has 1 N–H and O–H groups in total. The van der Waals surface area contributed by atoms with Crippen LogP contribution < -0.4 is 0 Å². The lowest BCUT2D eigenvalue weighted by atomic mass is 9.92. The van der Waals surface area contributed by atoms with E-state index in [0.717, 1.165) is 5.56 Å². The molecule has 0 bridgehead atoms. The molecule has 122 valence electrons. The second-order valence-electron chi connectivity index (χ2n) is 6.92. The average Bonchev–Trinajstić information content (AvgIpc) is 2.88. The van der Waals surface area contributed by atoms with Crippen molar-refractivity contribution in [2.75, 3.05) is 13.1 Å². The highest BCUT2D eigenvalue weighted by Gasteiger charge is 2.34. The van der Waals surface area contributed by atoms with E-state index in [1.54, 1.807) is 11.0 Å². The van der Waals surface area contributed by atoms with Gasteiger partial charge < -0.3 is 14.7 Å². The number of aliphatic hydroxyl groups is 1. The first-order valence-corrected chi connectivity index (χ1v) is 7.59. The van der Waals surface area contributed by atoms with Gasteiger partial charge in [0.15, 0.2) is 0 Å². The highest BCUT2D eigenvalue weighted by Crippen LogP contribution is 2.32. The van der Waals surface area contributed by atoms with Gasteiger partial charge in [0, 0.05) is 19.0 Å². The smallest absolute Gasteiger partial charge is 0.410 e. The summed E-state index contributed by atoms with van der Waals surface area (Å²) in [4.78, 5) is 13.7. The Morgan fingerprint density at radius 1 is 1.45 bits per heavy atom. The van der Waals surface area contributed by atoms with Crippen molar-refractivity contribution in [1.82, 2.24) is 4.90 Å². The van der Waals surface area contributed by atoms with E-state index >= 15 is 0 Å². The maximum atomic E-state index is 13.4. The minimum atomic E-state index is -0.775. The summed E-state index contributed by atoms with van der Waals surface area (Å²) >= 11 is 0. The fourth-order valence-electron chi connectivity index (χ4n) is 2.72. The number of rotatable bonds is 2. The van der Waals surface area contributed by atoms with E-state index in [9.17, 15) is 14.3 Å². The van der Waals surface area contributed by atoms with Crippen LogP contribution in [0.25, 0.3) is 0 Å². The number of carbonyl (C=O) groups excluding carboxylic acids is 1. The summed E-state index contributed by atoms with van der Waals surface area (Å²) in [6.07, 6.45) is -0.461. The van der Waals surface area contributed by atoms with E-state index in [-0.39, 0.29) is 17.8 Å². The molecule has 2 atom stereocenters. The molecule has 2 unspecified atom stereocenters. The third-order valence-electron chi connectivity index (χ3n) is 3.88. The number of amides is 1. The average molecular weight is 309 g/mol. The Hall–Kier alpha value is -1.62. The Morgan fingerprint density at radius 2 is 2.14 bits per heavy atom. The van der Waals surface area contributed by atoms with Crippen LogP contribution in [0.3, 0.4) is 0 Å². The maximum absolute atomic E-state index is 13.4. The van der Waals surface area contributed by atoms with Crippen molar-refractivity contribution in [2.24, 2.45) is 5.92 Å². The van der Waals surface area contributed by atoms with Crippen molar-refractivity contribution >= 4 is 6.09 Å². The fourth-order valence-corrected chi connectivity index (χ4v) is 2.72. The summed E-state index contributed by atoms with van der Waals surface area (Å²) in [5.74, 6) is -0.463. The maximum Gasteiger partial charge on any atom is 0.410 e. The molecule has 0 aliphatic carbocycles. The van der Waals surface area contributed by atoms with Gasteiger partial charge in [-0.3, -0.25) is 0 Å². The predicted octanol–water partition coefficient (Wildman–Crippen LogP) is 3.42. The molecule has 0 saturated carbocycles. The molecule has 1 saturated heterocycles. The van der Waals surface area contributed by atoms with Gasteiger partial charge in [0.05, 0.1) is 6.10 Å². The van der Waals surface area contributed by atoms with Crippen molar-refractivity contribution in [2.45, 2.75) is 45.8 Å². The Labute approximate surface area is 130 Å². The highest BCUT2D eigenvalue weighted by atomic mass is 19.1. The number of benzene rings is 1. The molecule has 0 aromatic heterocycles. The van der Waals surface area contributed by atoms with Crippen LogP contribution in [0.5, 0.6) is 0 Å². The quantitative estimate of drug-likeness (QED) is 0.910. The second kappa shape index (κ2) is 6.24. The summed E-state index contributed by atoms with van der Waals surface area (Å²) in [7, 11) is 0. The van der Waals surface area contributed by atoms with Crippen LogP contribution in [0.4, 0.5) is 9.18 Å². The Bertz CT molecular complexity index is 553. The number of aryl methyl sites for hydroxylation is 1. The van der Waals surface area contributed by atoms with E-state index in [2.05, 4.69) is 0 Å². The summed E-state index contributed by atoms with van der Waals surface area (Å²) < 4.78 is 18.7. The zero-order valence-corrected chi connectivity index (χ0v) is 13.6. The Kier molecular flexibility index (Phi) is 4.75. The molecule has 1 aromatic rings. The molecule has 0 radical (unpaired) electrons. The molecule has 22 heavy (non-hydrogen) atoms. The van der Waals surface area contributed by atoms with E-state index < -0.39 is 11.7 Å².